The predicted octanol–water partition coefficient (Wildman–Crippen LogP) is 3.55. The number of nitrogens with zero attached hydrogens (tertiary/aromatic N) is 2. The zero-order valence-electron chi connectivity index (χ0n) is 8.18. The first-order chi connectivity index (χ1) is 7.87. The quantitative estimate of drug-likeness (QED) is 0.555. The van der Waals surface area contributed by atoms with Crippen LogP contribution < -0.4 is 4.74 Å². The molecule has 0 saturated heterocycles. The Bertz CT molecular complexity index is 459. The number of ether oxygens (including phenoxy) is 1. The summed E-state index contributed by atoms with van der Waals surface area (Å²) >= 11 is 4.78. The van der Waals surface area contributed by atoms with Crippen molar-refractivity contribution in [2.75, 3.05) is 0 Å². The van der Waals surface area contributed by atoms with Gasteiger partial charge in [-0.1, -0.05) is 15.9 Å². The largest absolute Gasteiger partial charge is 0.574 e. The lowest BCUT2D eigenvalue weighted by Crippen LogP contribution is -2.19. The molecule has 0 unspecified atom stereocenters. The van der Waals surface area contributed by atoms with Crippen molar-refractivity contribution >= 4 is 38.5 Å². The Morgan fingerprint density at radius 1 is 1.53 bits per heavy atom. The molecule has 0 spiro atoms. The fourth-order valence-corrected chi connectivity index (χ4v) is 1.94. The summed E-state index contributed by atoms with van der Waals surface area (Å²) in [5.41, 5.74) is 0.853. The van der Waals surface area contributed by atoms with Gasteiger partial charge in [0.15, 0.2) is 0 Å². The van der Waals surface area contributed by atoms with E-state index in [1.807, 2.05) is 6.07 Å². The number of halogens is 5. The van der Waals surface area contributed by atoms with E-state index in [0.717, 1.165) is 0 Å². The standard InChI is InChI=1S/C9H5BrF3IN2O/c10-4-6-3-5(1-2-15)7(14)8(16-6)17-9(11,12)13/h3H,1,4H2. The number of rotatable bonds is 3. The van der Waals surface area contributed by atoms with Gasteiger partial charge in [0.05, 0.1) is 21.8 Å². The summed E-state index contributed by atoms with van der Waals surface area (Å²) in [6, 6.07) is 3.45. The van der Waals surface area contributed by atoms with Crippen molar-refractivity contribution in [3.8, 4) is 11.9 Å². The molecule has 1 aromatic heterocycles. The van der Waals surface area contributed by atoms with E-state index in [-0.39, 0.29) is 15.3 Å². The molecule has 0 aliphatic rings. The van der Waals surface area contributed by atoms with Crippen molar-refractivity contribution in [1.29, 1.82) is 5.26 Å². The second-order valence-electron chi connectivity index (χ2n) is 2.91. The maximum atomic E-state index is 12.1. The monoisotopic (exact) mass is 420 g/mol. The third-order valence-electron chi connectivity index (χ3n) is 1.67. The summed E-state index contributed by atoms with van der Waals surface area (Å²) in [4.78, 5) is 3.71. The van der Waals surface area contributed by atoms with Crippen LogP contribution in [0.3, 0.4) is 0 Å². The van der Waals surface area contributed by atoms with Crippen molar-refractivity contribution < 1.29 is 17.9 Å². The summed E-state index contributed by atoms with van der Waals surface area (Å²) in [7, 11) is 0. The highest BCUT2D eigenvalue weighted by molar-refractivity contribution is 14.1. The Hall–Kier alpha value is -0.560. The normalized spacial score (nSPS) is 11.1. The Balaban J connectivity index is 3.20. The van der Waals surface area contributed by atoms with Gasteiger partial charge in [-0.15, -0.1) is 13.2 Å². The van der Waals surface area contributed by atoms with Crippen molar-refractivity contribution in [2.24, 2.45) is 0 Å². The number of hydrogen-bond donors (Lipinski definition) is 0. The molecule has 0 fully saturated rings. The highest BCUT2D eigenvalue weighted by atomic mass is 127. The van der Waals surface area contributed by atoms with Gasteiger partial charge in [-0.2, -0.15) is 5.26 Å². The first-order valence-corrected chi connectivity index (χ1v) is 6.44. The maximum Gasteiger partial charge on any atom is 0.574 e. The topological polar surface area (TPSA) is 45.9 Å². The van der Waals surface area contributed by atoms with Gasteiger partial charge in [0.2, 0.25) is 5.88 Å². The first kappa shape index (κ1) is 14.5. The van der Waals surface area contributed by atoms with Crippen LogP contribution in [0.4, 0.5) is 13.2 Å². The maximum absolute atomic E-state index is 12.1. The second kappa shape index (κ2) is 5.86. The number of hydrogen-bond acceptors (Lipinski definition) is 3. The zero-order chi connectivity index (χ0) is 13.1. The SMILES string of the molecule is N#CCc1cc(CBr)nc(OC(F)(F)F)c1I. The van der Waals surface area contributed by atoms with E-state index in [1.54, 1.807) is 28.7 Å². The fourth-order valence-electron chi connectivity index (χ4n) is 1.07. The highest BCUT2D eigenvalue weighted by Gasteiger charge is 2.33. The summed E-state index contributed by atoms with van der Waals surface area (Å²) < 4.78 is 40.4. The van der Waals surface area contributed by atoms with Crippen LogP contribution in [0.1, 0.15) is 11.3 Å². The molecule has 8 heteroatoms. The highest BCUT2D eigenvalue weighted by Crippen LogP contribution is 2.29. The Morgan fingerprint density at radius 2 is 2.18 bits per heavy atom. The summed E-state index contributed by atoms with van der Waals surface area (Å²) in [6.07, 6.45) is -4.78. The summed E-state index contributed by atoms with van der Waals surface area (Å²) in [5, 5.41) is 8.87. The van der Waals surface area contributed by atoms with Crippen LogP contribution >= 0.6 is 38.5 Å². The van der Waals surface area contributed by atoms with Gasteiger partial charge in [-0.3, -0.25) is 0 Å². The van der Waals surface area contributed by atoms with E-state index in [2.05, 4.69) is 25.7 Å². The van der Waals surface area contributed by atoms with Crippen molar-refractivity contribution in [1.82, 2.24) is 4.98 Å². The molecule has 0 bridgehead atoms. The van der Waals surface area contributed by atoms with Gasteiger partial charge in [0.1, 0.15) is 0 Å². The molecule has 1 heterocycles. The average molecular weight is 421 g/mol. The Labute approximate surface area is 117 Å². The molecule has 1 aromatic rings. The van der Waals surface area contributed by atoms with Crippen LogP contribution in [-0.4, -0.2) is 11.3 Å². The number of nitriles is 1. The van der Waals surface area contributed by atoms with E-state index < -0.39 is 12.2 Å². The van der Waals surface area contributed by atoms with E-state index in [1.165, 1.54) is 0 Å². The van der Waals surface area contributed by atoms with Gasteiger partial charge >= 0.3 is 6.36 Å². The lowest BCUT2D eigenvalue weighted by Gasteiger charge is -2.12. The zero-order valence-corrected chi connectivity index (χ0v) is 11.9. The van der Waals surface area contributed by atoms with Gasteiger partial charge in [0.25, 0.3) is 0 Å². The molecule has 0 atom stereocenters. The smallest absolute Gasteiger partial charge is 0.387 e. The molecule has 92 valence electrons. The molecule has 0 aliphatic carbocycles. The molecule has 1 rings (SSSR count). The minimum atomic E-state index is -4.79. The third kappa shape index (κ3) is 4.31. The average Bonchev–Trinajstić information content (AvgIpc) is 2.22. The number of alkyl halides is 4. The van der Waals surface area contributed by atoms with Crippen molar-refractivity contribution in [3.63, 3.8) is 0 Å². The molecule has 3 nitrogen and oxygen atoms in total. The van der Waals surface area contributed by atoms with E-state index in [0.29, 0.717) is 11.3 Å². The van der Waals surface area contributed by atoms with Gasteiger partial charge in [-0.05, 0) is 34.2 Å². The number of aromatic nitrogens is 1. The van der Waals surface area contributed by atoms with Gasteiger partial charge in [0, 0.05) is 5.33 Å². The van der Waals surface area contributed by atoms with Crippen molar-refractivity contribution in [3.05, 3.63) is 20.9 Å². The third-order valence-corrected chi connectivity index (χ3v) is 3.40. The second-order valence-corrected chi connectivity index (χ2v) is 4.55. The molecule has 17 heavy (non-hydrogen) atoms. The predicted molar refractivity (Wildman–Crippen MR) is 65.6 cm³/mol. The summed E-state index contributed by atoms with van der Waals surface area (Å²) in [5.74, 6) is -0.514. The molecular formula is C9H5BrF3IN2O. The van der Waals surface area contributed by atoms with Crippen molar-refractivity contribution in [2.45, 2.75) is 18.1 Å². The number of pyridine rings is 1. The van der Waals surface area contributed by atoms with Crippen LogP contribution in [-0.2, 0) is 11.8 Å². The Kier molecular flexibility index (Phi) is 5.00. The van der Waals surface area contributed by atoms with E-state index >= 15 is 0 Å². The van der Waals surface area contributed by atoms with Crippen LogP contribution in [0, 0.1) is 14.9 Å². The fraction of sp³-hybridized carbons (Fsp3) is 0.333. The van der Waals surface area contributed by atoms with E-state index in [4.69, 9.17) is 5.26 Å². The molecule has 0 aromatic carbocycles. The lowest BCUT2D eigenvalue weighted by molar-refractivity contribution is -0.276. The lowest BCUT2D eigenvalue weighted by atomic mass is 10.2. The molecule has 0 N–H and O–H groups in total. The Morgan fingerprint density at radius 3 is 2.65 bits per heavy atom. The van der Waals surface area contributed by atoms with Gasteiger partial charge < -0.3 is 4.74 Å². The van der Waals surface area contributed by atoms with Gasteiger partial charge in [-0.25, -0.2) is 4.98 Å². The molecule has 0 radical (unpaired) electrons. The molecule has 0 amide bonds. The summed E-state index contributed by atoms with van der Waals surface area (Å²) in [6.45, 7) is 0. The van der Waals surface area contributed by atoms with Crippen LogP contribution in [0.15, 0.2) is 6.07 Å². The van der Waals surface area contributed by atoms with Crippen LogP contribution in [0.2, 0.25) is 0 Å². The minimum Gasteiger partial charge on any atom is -0.387 e. The first-order valence-electron chi connectivity index (χ1n) is 4.24. The molecular weight excluding hydrogens is 416 g/mol. The molecule has 0 aliphatic heterocycles. The van der Waals surface area contributed by atoms with Crippen LogP contribution in [0.25, 0.3) is 0 Å². The van der Waals surface area contributed by atoms with E-state index in [9.17, 15) is 13.2 Å². The minimum absolute atomic E-state index is 0.00894. The molecule has 0 saturated carbocycles. The van der Waals surface area contributed by atoms with Crippen LogP contribution in [0.5, 0.6) is 5.88 Å².